The van der Waals surface area contributed by atoms with E-state index in [0.717, 1.165) is 16.1 Å². The zero-order valence-corrected chi connectivity index (χ0v) is 19.9. The Kier molecular flexibility index (Phi) is 7.08. The molecule has 2 aromatic rings. The van der Waals surface area contributed by atoms with Crippen LogP contribution in [-0.2, 0) is 16.0 Å². The van der Waals surface area contributed by atoms with Crippen LogP contribution in [0.25, 0.3) is 0 Å². The number of benzene rings is 1. The molecular formula is C23H29N3O5S. The number of amides is 3. The average molecular weight is 460 g/mol. The Balaban J connectivity index is 1.60. The lowest BCUT2D eigenvalue weighted by Crippen LogP contribution is -2.31. The van der Waals surface area contributed by atoms with Gasteiger partial charge in [0.25, 0.3) is 0 Å². The van der Waals surface area contributed by atoms with Gasteiger partial charge in [0.05, 0.1) is 6.61 Å². The number of urea groups is 1. The lowest BCUT2D eigenvalue weighted by Gasteiger charge is -2.20. The molecule has 9 heteroatoms. The van der Waals surface area contributed by atoms with Gasteiger partial charge in [-0.2, -0.15) is 0 Å². The number of thiophene rings is 1. The number of carbonyl (C=O) groups excluding carboxylic acids is 3. The minimum absolute atomic E-state index is 0.0994. The van der Waals surface area contributed by atoms with Gasteiger partial charge < -0.3 is 14.4 Å². The third-order valence-corrected chi connectivity index (χ3v) is 5.94. The predicted molar refractivity (Wildman–Crippen MR) is 124 cm³/mol. The standard InChI is InChI=1S/C23H29N3O5S/c1-6-30-20(27)19-15(2)13-18(32-19)26-12-11-25(22(26)29)14-16-7-9-17(10-8-16)24-21(28)31-23(3,4)5/h7-10,13H,6,11-12,14H2,1-5H3,(H,24,28). The number of rotatable bonds is 6. The van der Waals surface area contributed by atoms with Gasteiger partial charge in [-0.25, -0.2) is 14.4 Å². The van der Waals surface area contributed by atoms with E-state index in [1.165, 1.54) is 11.3 Å². The van der Waals surface area contributed by atoms with Crippen LogP contribution in [0.4, 0.5) is 20.3 Å². The van der Waals surface area contributed by atoms with Crippen LogP contribution in [0.15, 0.2) is 30.3 Å². The van der Waals surface area contributed by atoms with E-state index < -0.39 is 11.7 Å². The fourth-order valence-electron chi connectivity index (χ4n) is 3.27. The van der Waals surface area contributed by atoms with Crippen molar-refractivity contribution in [1.29, 1.82) is 0 Å². The maximum absolute atomic E-state index is 12.9. The summed E-state index contributed by atoms with van der Waals surface area (Å²) in [7, 11) is 0. The summed E-state index contributed by atoms with van der Waals surface area (Å²) in [5.41, 5.74) is 1.81. The predicted octanol–water partition coefficient (Wildman–Crippen LogP) is 5.02. The van der Waals surface area contributed by atoms with Crippen molar-refractivity contribution >= 4 is 40.1 Å². The molecule has 1 aromatic heterocycles. The third-order valence-electron chi connectivity index (χ3n) is 4.70. The van der Waals surface area contributed by atoms with Crippen molar-refractivity contribution in [2.24, 2.45) is 0 Å². The first-order chi connectivity index (χ1) is 15.1. The van der Waals surface area contributed by atoms with Crippen molar-refractivity contribution in [2.75, 3.05) is 29.9 Å². The molecule has 8 nitrogen and oxygen atoms in total. The molecule has 1 N–H and O–H groups in total. The minimum Gasteiger partial charge on any atom is -0.462 e. The maximum Gasteiger partial charge on any atom is 0.412 e. The SMILES string of the molecule is CCOC(=O)c1sc(N2CCN(Cc3ccc(NC(=O)OC(C)(C)C)cc3)C2=O)cc1C. The van der Waals surface area contributed by atoms with Gasteiger partial charge in [-0.1, -0.05) is 12.1 Å². The normalized spacial score (nSPS) is 14.0. The van der Waals surface area contributed by atoms with Gasteiger partial charge >= 0.3 is 18.1 Å². The Bertz CT molecular complexity index is 994. The van der Waals surface area contributed by atoms with E-state index in [1.807, 2.05) is 25.1 Å². The lowest BCUT2D eigenvalue weighted by molar-refractivity contribution is 0.0530. The van der Waals surface area contributed by atoms with Gasteiger partial charge in [0.15, 0.2) is 0 Å². The van der Waals surface area contributed by atoms with Crippen LogP contribution in [0, 0.1) is 6.92 Å². The number of hydrogen-bond acceptors (Lipinski definition) is 6. The van der Waals surface area contributed by atoms with E-state index in [4.69, 9.17) is 9.47 Å². The van der Waals surface area contributed by atoms with Crippen LogP contribution in [-0.4, -0.2) is 48.3 Å². The van der Waals surface area contributed by atoms with Crippen molar-refractivity contribution in [3.8, 4) is 0 Å². The minimum atomic E-state index is -0.565. The zero-order chi connectivity index (χ0) is 23.5. The first-order valence-electron chi connectivity index (χ1n) is 10.5. The molecule has 1 aliphatic rings. The zero-order valence-electron chi connectivity index (χ0n) is 19.1. The second-order valence-electron chi connectivity index (χ2n) is 8.50. The first kappa shape index (κ1) is 23.6. The van der Waals surface area contributed by atoms with Crippen molar-refractivity contribution in [3.05, 3.63) is 46.3 Å². The number of aryl methyl sites for hydroxylation is 1. The van der Waals surface area contributed by atoms with Gasteiger partial charge in [-0.05, 0) is 63.9 Å². The fourth-order valence-corrected chi connectivity index (χ4v) is 4.35. The van der Waals surface area contributed by atoms with Crippen molar-refractivity contribution < 1.29 is 23.9 Å². The lowest BCUT2D eigenvalue weighted by atomic mass is 10.2. The quantitative estimate of drug-likeness (QED) is 0.613. The number of nitrogens with one attached hydrogen (secondary N) is 1. The average Bonchev–Trinajstić information content (AvgIpc) is 3.25. The highest BCUT2D eigenvalue weighted by Gasteiger charge is 2.31. The van der Waals surface area contributed by atoms with E-state index in [-0.39, 0.29) is 12.0 Å². The van der Waals surface area contributed by atoms with Gasteiger partial charge in [-0.15, -0.1) is 11.3 Å². The van der Waals surface area contributed by atoms with E-state index in [0.29, 0.717) is 36.8 Å². The highest BCUT2D eigenvalue weighted by Crippen LogP contribution is 2.33. The molecule has 0 saturated carbocycles. The van der Waals surface area contributed by atoms with Crippen LogP contribution in [0.2, 0.25) is 0 Å². The smallest absolute Gasteiger partial charge is 0.412 e. The molecule has 1 saturated heterocycles. The van der Waals surface area contributed by atoms with Crippen molar-refractivity contribution in [3.63, 3.8) is 0 Å². The monoisotopic (exact) mass is 459 g/mol. The number of carbonyl (C=O) groups is 3. The number of ether oxygens (including phenoxy) is 2. The fraction of sp³-hybridized carbons (Fsp3) is 0.435. The summed E-state index contributed by atoms with van der Waals surface area (Å²) in [5.74, 6) is -0.357. The summed E-state index contributed by atoms with van der Waals surface area (Å²) >= 11 is 1.28. The molecule has 1 aliphatic heterocycles. The molecule has 0 aliphatic carbocycles. The Hall–Kier alpha value is -3.07. The highest BCUT2D eigenvalue weighted by atomic mass is 32.1. The summed E-state index contributed by atoms with van der Waals surface area (Å²) in [5, 5.41) is 3.44. The Morgan fingerprint density at radius 1 is 1.16 bits per heavy atom. The molecule has 172 valence electrons. The van der Waals surface area contributed by atoms with Crippen LogP contribution in [0.1, 0.15) is 48.5 Å². The summed E-state index contributed by atoms with van der Waals surface area (Å²) < 4.78 is 10.3. The largest absolute Gasteiger partial charge is 0.462 e. The van der Waals surface area contributed by atoms with E-state index >= 15 is 0 Å². The Morgan fingerprint density at radius 3 is 2.47 bits per heavy atom. The number of anilines is 2. The number of hydrogen-bond donors (Lipinski definition) is 1. The van der Waals surface area contributed by atoms with E-state index in [1.54, 1.807) is 49.6 Å². The molecule has 1 fully saturated rings. The van der Waals surface area contributed by atoms with Crippen LogP contribution >= 0.6 is 11.3 Å². The molecule has 0 radical (unpaired) electrons. The topological polar surface area (TPSA) is 88.2 Å². The molecule has 2 heterocycles. The second kappa shape index (κ2) is 9.60. The molecule has 0 atom stereocenters. The van der Waals surface area contributed by atoms with Crippen LogP contribution < -0.4 is 10.2 Å². The molecule has 0 bridgehead atoms. The van der Waals surface area contributed by atoms with Gasteiger partial charge in [0, 0.05) is 25.3 Å². The maximum atomic E-state index is 12.9. The molecule has 0 spiro atoms. The third kappa shape index (κ3) is 5.79. The molecule has 1 aromatic carbocycles. The van der Waals surface area contributed by atoms with Gasteiger partial charge in [-0.3, -0.25) is 10.2 Å². The Morgan fingerprint density at radius 2 is 1.84 bits per heavy atom. The molecule has 3 amide bonds. The molecule has 0 unspecified atom stereocenters. The van der Waals surface area contributed by atoms with Gasteiger partial charge in [0.1, 0.15) is 15.5 Å². The number of nitrogens with zero attached hydrogens (tertiary/aromatic N) is 2. The molecular weight excluding hydrogens is 430 g/mol. The van der Waals surface area contributed by atoms with Gasteiger partial charge in [0.2, 0.25) is 0 Å². The Labute approximate surface area is 192 Å². The number of esters is 1. The van der Waals surface area contributed by atoms with Crippen molar-refractivity contribution in [1.82, 2.24) is 4.90 Å². The second-order valence-corrected chi connectivity index (χ2v) is 9.53. The molecule has 3 rings (SSSR count). The summed E-state index contributed by atoms with van der Waals surface area (Å²) in [6.07, 6.45) is -0.510. The van der Waals surface area contributed by atoms with Crippen LogP contribution in [0.3, 0.4) is 0 Å². The van der Waals surface area contributed by atoms with Crippen molar-refractivity contribution in [2.45, 2.75) is 46.8 Å². The van der Waals surface area contributed by atoms with E-state index in [9.17, 15) is 14.4 Å². The molecule has 32 heavy (non-hydrogen) atoms. The van der Waals surface area contributed by atoms with E-state index in [2.05, 4.69) is 5.32 Å². The highest BCUT2D eigenvalue weighted by molar-refractivity contribution is 7.18. The van der Waals surface area contributed by atoms with Crippen LogP contribution in [0.5, 0.6) is 0 Å². The summed E-state index contributed by atoms with van der Waals surface area (Å²) in [6, 6.07) is 9.07. The first-order valence-corrected chi connectivity index (χ1v) is 11.3. The summed E-state index contributed by atoms with van der Waals surface area (Å²) in [6.45, 7) is 10.9. The summed E-state index contributed by atoms with van der Waals surface area (Å²) in [4.78, 5) is 40.9.